The molecule has 2 unspecified atom stereocenters. The van der Waals surface area contributed by atoms with Gasteiger partial charge in [0.1, 0.15) is 13.2 Å². The Labute approximate surface area is 147 Å². The van der Waals surface area contributed by atoms with Gasteiger partial charge in [0.05, 0.1) is 11.1 Å². The van der Waals surface area contributed by atoms with Gasteiger partial charge in [-0.1, -0.05) is 12.1 Å². The van der Waals surface area contributed by atoms with Gasteiger partial charge in [-0.3, -0.25) is 0 Å². The maximum Gasteiger partial charge on any atom is 0.338 e. The maximum absolute atomic E-state index is 11.8. The van der Waals surface area contributed by atoms with Crippen LogP contribution in [0.3, 0.4) is 0 Å². The van der Waals surface area contributed by atoms with Crippen LogP contribution in [0.1, 0.15) is 20.7 Å². The van der Waals surface area contributed by atoms with E-state index in [1.54, 1.807) is 0 Å². The Bertz CT molecular complexity index is 713. The lowest BCUT2D eigenvalue weighted by molar-refractivity contribution is -0.991. The summed E-state index contributed by atoms with van der Waals surface area (Å²) in [6.45, 7) is -0.471. The zero-order valence-electron chi connectivity index (χ0n) is 13.4. The molecule has 26 heavy (non-hydrogen) atoms. The second-order valence-electron chi connectivity index (χ2n) is 5.04. The van der Waals surface area contributed by atoms with Crippen molar-refractivity contribution < 1.29 is 39.9 Å². The molecular formula is C16H16N2O8. The Morgan fingerprint density at radius 3 is 1.54 bits per heavy atom. The summed E-state index contributed by atoms with van der Waals surface area (Å²) >= 11 is 0. The molecule has 10 heteroatoms. The molecule has 0 aliphatic heterocycles. The SMILES string of the molecule is O=C(OCCOC(=O)c1cccc([NH+]([O-])O)c1)c1cccc([NH+]([O-])O)c1. The molecule has 0 saturated carbocycles. The molecule has 0 fully saturated rings. The van der Waals surface area contributed by atoms with Gasteiger partial charge in [-0.25, -0.2) is 20.0 Å². The van der Waals surface area contributed by atoms with Crippen molar-refractivity contribution in [2.24, 2.45) is 0 Å². The van der Waals surface area contributed by atoms with E-state index in [4.69, 9.17) is 19.9 Å². The van der Waals surface area contributed by atoms with Crippen LogP contribution in [0.4, 0.5) is 11.4 Å². The number of carbonyl (C=O) groups is 2. The molecule has 0 bridgehead atoms. The Hall–Kier alpha value is -2.86. The van der Waals surface area contributed by atoms with Crippen LogP contribution >= 0.6 is 0 Å². The van der Waals surface area contributed by atoms with Crippen molar-refractivity contribution in [3.8, 4) is 0 Å². The molecule has 2 aromatic carbocycles. The Kier molecular flexibility index (Phi) is 6.74. The molecular weight excluding hydrogens is 348 g/mol. The number of carbonyl (C=O) groups excluding carboxylic acids is 2. The monoisotopic (exact) mass is 364 g/mol. The lowest BCUT2D eigenvalue weighted by Crippen LogP contribution is -2.99. The van der Waals surface area contributed by atoms with E-state index in [2.05, 4.69) is 0 Å². The molecule has 0 spiro atoms. The van der Waals surface area contributed by atoms with Gasteiger partial charge in [-0.05, 0) is 12.1 Å². The van der Waals surface area contributed by atoms with E-state index in [1.807, 2.05) is 0 Å². The molecule has 4 N–H and O–H groups in total. The van der Waals surface area contributed by atoms with E-state index >= 15 is 0 Å². The molecule has 0 aliphatic rings. The fourth-order valence-electron chi connectivity index (χ4n) is 1.99. The highest BCUT2D eigenvalue weighted by atomic mass is 16.8. The van der Waals surface area contributed by atoms with Gasteiger partial charge in [-0.15, -0.1) is 0 Å². The van der Waals surface area contributed by atoms with Crippen molar-refractivity contribution in [3.05, 3.63) is 70.1 Å². The van der Waals surface area contributed by atoms with Crippen LogP contribution in [0.15, 0.2) is 48.5 Å². The smallest absolute Gasteiger partial charge is 0.338 e. The van der Waals surface area contributed by atoms with Gasteiger partial charge >= 0.3 is 11.9 Å². The van der Waals surface area contributed by atoms with Crippen molar-refractivity contribution in [1.82, 2.24) is 0 Å². The fraction of sp³-hybridized carbons (Fsp3) is 0.125. The van der Waals surface area contributed by atoms with Gasteiger partial charge in [0.25, 0.3) is 0 Å². The predicted molar refractivity (Wildman–Crippen MR) is 85.0 cm³/mol. The number of rotatable bonds is 7. The summed E-state index contributed by atoms with van der Waals surface area (Å²) in [7, 11) is 0. The van der Waals surface area contributed by atoms with Crippen molar-refractivity contribution in [2.75, 3.05) is 13.2 Å². The molecule has 0 amide bonds. The molecule has 0 aliphatic carbocycles. The van der Waals surface area contributed by atoms with Crippen LogP contribution in [0, 0.1) is 10.4 Å². The highest BCUT2D eigenvalue weighted by Crippen LogP contribution is 2.09. The van der Waals surface area contributed by atoms with Gasteiger partial charge < -0.3 is 19.9 Å². The van der Waals surface area contributed by atoms with E-state index in [0.717, 1.165) is 0 Å². The summed E-state index contributed by atoms with van der Waals surface area (Å²) in [5, 5.41) is 37.2. The van der Waals surface area contributed by atoms with Gasteiger partial charge in [0.15, 0.2) is 11.4 Å². The van der Waals surface area contributed by atoms with E-state index in [-0.39, 0.29) is 35.7 Å². The third-order valence-corrected chi connectivity index (χ3v) is 3.24. The summed E-state index contributed by atoms with van der Waals surface area (Å²) < 4.78 is 9.82. The van der Waals surface area contributed by atoms with Crippen LogP contribution < -0.4 is 10.5 Å². The number of benzene rings is 2. The molecule has 0 radical (unpaired) electrons. The van der Waals surface area contributed by atoms with Crippen LogP contribution in [0.2, 0.25) is 0 Å². The van der Waals surface area contributed by atoms with Gasteiger partial charge in [0, 0.05) is 24.3 Å². The first-order chi connectivity index (χ1) is 12.4. The normalized spacial score (nSPS) is 12.9. The van der Waals surface area contributed by atoms with E-state index in [9.17, 15) is 20.0 Å². The topological polar surface area (TPSA) is 148 Å². The minimum absolute atomic E-state index is 0.0517. The second-order valence-corrected chi connectivity index (χ2v) is 5.04. The quantitative estimate of drug-likeness (QED) is 0.292. The van der Waals surface area contributed by atoms with E-state index in [0.29, 0.717) is 0 Å². The van der Waals surface area contributed by atoms with Crippen LogP contribution in [0.5, 0.6) is 0 Å². The minimum Gasteiger partial charge on any atom is -0.595 e. The molecule has 0 aromatic heterocycles. The van der Waals surface area contributed by atoms with Crippen LogP contribution in [0.25, 0.3) is 0 Å². The first-order valence-electron chi connectivity index (χ1n) is 7.39. The standard InChI is InChI=1S/C16H16N2O8/c19-15(11-3-1-5-13(9-11)17(21)22)25-7-8-26-16(20)12-4-2-6-14(10-12)18(23)24/h1-6,9-10,17-18,21,23H,7-8H2. The average Bonchev–Trinajstić information content (AvgIpc) is 2.65. The van der Waals surface area contributed by atoms with Crippen molar-refractivity contribution in [1.29, 1.82) is 0 Å². The highest BCUT2D eigenvalue weighted by molar-refractivity contribution is 5.90. The third kappa shape index (κ3) is 5.32. The molecule has 2 rings (SSSR count). The lowest BCUT2D eigenvalue weighted by atomic mass is 10.2. The number of ether oxygens (including phenoxy) is 2. The summed E-state index contributed by atoms with van der Waals surface area (Å²) in [5.41, 5.74) is 0.0177. The molecule has 2 aromatic rings. The zero-order chi connectivity index (χ0) is 19.1. The van der Waals surface area contributed by atoms with Crippen molar-refractivity contribution in [2.45, 2.75) is 0 Å². The first kappa shape index (κ1) is 19.5. The maximum atomic E-state index is 11.8. The molecule has 0 heterocycles. The fourth-order valence-corrected chi connectivity index (χ4v) is 1.99. The number of hydrogen-bond acceptors (Lipinski definition) is 8. The number of nitrogens with one attached hydrogen (secondary N) is 2. The first-order valence-corrected chi connectivity index (χ1v) is 7.39. The minimum atomic E-state index is -1.17. The summed E-state index contributed by atoms with van der Waals surface area (Å²) in [6, 6.07) is 10.7. The van der Waals surface area contributed by atoms with Gasteiger partial charge in [0.2, 0.25) is 0 Å². The average molecular weight is 364 g/mol. The molecule has 0 saturated heterocycles. The largest absolute Gasteiger partial charge is 0.595 e. The highest BCUT2D eigenvalue weighted by Gasteiger charge is 2.13. The lowest BCUT2D eigenvalue weighted by Gasteiger charge is -2.12. The Morgan fingerprint density at radius 2 is 1.19 bits per heavy atom. The third-order valence-electron chi connectivity index (χ3n) is 3.24. The van der Waals surface area contributed by atoms with Crippen molar-refractivity contribution >= 4 is 23.3 Å². The van der Waals surface area contributed by atoms with Crippen LogP contribution in [-0.4, -0.2) is 35.6 Å². The number of esters is 2. The Balaban J connectivity index is 1.83. The summed E-state index contributed by atoms with van der Waals surface area (Å²) in [5.74, 6) is -1.51. The molecule has 138 valence electrons. The number of hydrogen-bond donors (Lipinski definition) is 4. The molecule has 2 atom stereocenters. The van der Waals surface area contributed by atoms with E-state index < -0.39 is 22.4 Å². The Morgan fingerprint density at radius 1 is 0.808 bits per heavy atom. The van der Waals surface area contributed by atoms with Crippen LogP contribution in [-0.2, 0) is 9.47 Å². The van der Waals surface area contributed by atoms with Gasteiger partial charge in [-0.2, -0.15) is 10.5 Å². The second kappa shape index (κ2) is 9.01. The summed E-state index contributed by atoms with van der Waals surface area (Å²) in [4.78, 5) is 23.7. The number of quaternary nitrogens is 2. The van der Waals surface area contributed by atoms with E-state index in [1.165, 1.54) is 48.5 Å². The predicted octanol–water partition coefficient (Wildman–Crippen LogP) is -0.493. The summed E-state index contributed by atoms with van der Waals surface area (Å²) in [6.07, 6.45) is 0. The zero-order valence-corrected chi connectivity index (χ0v) is 13.4. The molecule has 10 nitrogen and oxygen atoms in total. The van der Waals surface area contributed by atoms with Crippen molar-refractivity contribution in [3.63, 3.8) is 0 Å².